The molecule has 0 atom stereocenters. The lowest BCUT2D eigenvalue weighted by Crippen LogP contribution is -2.50. The van der Waals surface area contributed by atoms with Gasteiger partial charge in [0.05, 0.1) is 19.3 Å². The van der Waals surface area contributed by atoms with Crippen LogP contribution < -0.4 is 5.56 Å². The van der Waals surface area contributed by atoms with Gasteiger partial charge in [-0.05, 0) is 46.8 Å². The van der Waals surface area contributed by atoms with Crippen LogP contribution in [0.15, 0.2) is 82.1 Å². The molecule has 1 fully saturated rings. The first-order valence-electron chi connectivity index (χ1n) is 13.5. The van der Waals surface area contributed by atoms with Gasteiger partial charge in [-0.25, -0.2) is 4.79 Å². The fourth-order valence-corrected chi connectivity index (χ4v) is 5.62. The van der Waals surface area contributed by atoms with Crippen LogP contribution in [0.1, 0.15) is 39.8 Å². The standard InChI is InChI=1S/C32H30BrN3O5/c1-3-27(37)29-28(22-7-5-4-6-8-22)26-19-24(33)13-14-25(26)31(39)36(29)20-21-9-11-23(12-10-21)30(38)34-15-17-35(18-16-34)32(40)41-2/h4-14,19H,3,15-18,20H2,1-2H3. The number of ether oxygens (including phenoxy) is 1. The molecule has 41 heavy (non-hydrogen) atoms. The Labute approximate surface area is 246 Å². The number of methoxy groups -OCH3 is 1. The summed E-state index contributed by atoms with van der Waals surface area (Å²) in [7, 11) is 1.34. The molecule has 1 aliphatic heterocycles. The summed E-state index contributed by atoms with van der Waals surface area (Å²) in [4.78, 5) is 55.4. The summed E-state index contributed by atoms with van der Waals surface area (Å²) in [5.74, 6) is -0.247. The number of benzene rings is 3. The van der Waals surface area contributed by atoms with E-state index in [0.29, 0.717) is 42.8 Å². The maximum absolute atomic E-state index is 13.8. The predicted molar refractivity (Wildman–Crippen MR) is 161 cm³/mol. The van der Waals surface area contributed by atoms with Gasteiger partial charge in [0.25, 0.3) is 11.5 Å². The molecule has 0 unspecified atom stereocenters. The smallest absolute Gasteiger partial charge is 0.409 e. The fourth-order valence-electron chi connectivity index (χ4n) is 5.26. The van der Waals surface area contributed by atoms with Crippen molar-refractivity contribution < 1.29 is 19.1 Å². The zero-order valence-corrected chi connectivity index (χ0v) is 24.5. The minimum atomic E-state index is -0.394. The van der Waals surface area contributed by atoms with Crippen molar-refractivity contribution in [3.05, 3.63) is 104 Å². The Morgan fingerprint density at radius 2 is 1.51 bits per heavy atom. The highest BCUT2D eigenvalue weighted by molar-refractivity contribution is 9.10. The molecule has 0 bridgehead atoms. The van der Waals surface area contributed by atoms with Crippen molar-refractivity contribution in [2.45, 2.75) is 19.9 Å². The molecule has 8 nitrogen and oxygen atoms in total. The zero-order chi connectivity index (χ0) is 29.1. The van der Waals surface area contributed by atoms with Gasteiger partial charge in [-0.15, -0.1) is 0 Å². The van der Waals surface area contributed by atoms with E-state index in [-0.39, 0.29) is 30.2 Å². The number of amides is 2. The van der Waals surface area contributed by atoms with Crippen molar-refractivity contribution in [3.8, 4) is 11.1 Å². The number of aromatic nitrogens is 1. The van der Waals surface area contributed by atoms with Gasteiger partial charge in [-0.3, -0.25) is 19.0 Å². The van der Waals surface area contributed by atoms with Crippen LogP contribution >= 0.6 is 15.9 Å². The van der Waals surface area contributed by atoms with E-state index >= 15 is 0 Å². The summed E-state index contributed by atoms with van der Waals surface area (Å²) in [6.45, 7) is 3.64. The Balaban J connectivity index is 1.50. The lowest BCUT2D eigenvalue weighted by atomic mass is 9.94. The van der Waals surface area contributed by atoms with Crippen LogP contribution in [0.2, 0.25) is 0 Å². The van der Waals surface area contributed by atoms with Crippen LogP contribution in [0, 0.1) is 0 Å². The van der Waals surface area contributed by atoms with E-state index in [1.54, 1.807) is 39.5 Å². The number of Topliss-reactive ketones (excluding diaryl/α,β-unsaturated/α-hetero) is 1. The highest BCUT2D eigenvalue weighted by atomic mass is 79.9. The van der Waals surface area contributed by atoms with Crippen molar-refractivity contribution in [2.24, 2.45) is 0 Å². The van der Waals surface area contributed by atoms with Crippen LogP contribution in [0.25, 0.3) is 21.9 Å². The van der Waals surface area contributed by atoms with E-state index in [9.17, 15) is 19.2 Å². The number of nitrogens with zero attached hydrogens (tertiary/aromatic N) is 3. The third-order valence-corrected chi connectivity index (χ3v) is 7.92. The summed E-state index contributed by atoms with van der Waals surface area (Å²) in [5, 5.41) is 1.24. The number of piperazine rings is 1. The van der Waals surface area contributed by atoms with E-state index in [1.807, 2.05) is 54.6 Å². The first-order chi connectivity index (χ1) is 19.8. The quantitative estimate of drug-likeness (QED) is 0.264. The van der Waals surface area contributed by atoms with Gasteiger partial charge in [0.15, 0.2) is 5.78 Å². The minimum Gasteiger partial charge on any atom is -0.453 e. The SMILES string of the molecule is CCC(=O)c1c(-c2ccccc2)c2cc(Br)ccc2c(=O)n1Cc1ccc(C(=O)N2CCN(C(=O)OC)CC2)cc1. The topological polar surface area (TPSA) is 88.9 Å². The Morgan fingerprint density at radius 1 is 0.854 bits per heavy atom. The van der Waals surface area contributed by atoms with E-state index < -0.39 is 6.09 Å². The molecule has 0 N–H and O–H groups in total. The van der Waals surface area contributed by atoms with Crippen LogP contribution in [-0.4, -0.2) is 65.4 Å². The zero-order valence-electron chi connectivity index (χ0n) is 22.9. The molecule has 0 saturated carbocycles. The molecule has 2 heterocycles. The second-order valence-electron chi connectivity index (χ2n) is 9.89. The molecule has 3 aromatic carbocycles. The summed E-state index contributed by atoms with van der Waals surface area (Å²) < 4.78 is 7.15. The molecule has 1 aromatic heterocycles. The maximum atomic E-state index is 13.8. The maximum Gasteiger partial charge on any atom is 0.409 e. The van der Waals surface area contributed by atoms with Crippen LogP contribution in [0.4, 0.5) is 4.79 Å². The van der Waals surface area contributed by atoms with Gasteiger partial charge in [0, 0.05) is 53.6 Å². The molecule has 210 valence electrons. The molecule has 0 spiro atoms. The molecule has 0 radical (unpaired) electrons. The Kier molecular flexibility index (Phi) is 8.35. The summed E-state index contributed by atoms with van der Waals surface area (Å²) >= 11 is 3.53. The van der Waals surface area contributed by atoms with Crippen molar-refractivity contribution in [1.29, 1.82) is 0 Å². The van der Waals surface area contributed by atoms with Gasteiger partial charge in [-0.2, -0.15) is 0 Å². The molecule has 2 amide bonds. The second kappa shape index (κ2) is 12.1. The first kappa shape index (κ1) is 28.3. The average molecular weight is 617 g/mol. The number of pyridine rings is 1. The summed E-state index contributed by atoms with van der Waals surface area (Å²) in [6, 6.07) is 22.3. The number of halogens is 1. The lowest BCUT2D eigenvalue weighted by Gasteiger charge is -2.33. The number of carbonyl (C=O) groups is 3. The first-order valence-corrected chi connectivity index (χ1v) is 14.3. The Hall–Kier alpha value is -4.24. The van der Waals surface area contributed by atoms with Gasteiger partial charge >= 0.3 is 6.09 Å². The highest BCUT2D eigenvalue weighted by Crippen LogP contribution is 2.33. The number of hydrogen-bond donors (Lipinski definition) is 0. The number of hydrogen-bond acceptors (Lipinski definition) is 5. The molecule has 1 aliphatic rings. The molecule has 9 heteroatoms. The van der Waals surface area contributed by atoms with Crippen molar-refractivity contribution in [3.63, 3.8) is 0 Å². The van der Waals surface area contributed by atoms with E-state index in [2.05, 4.69) is 15.9 Å². The fraction of sp³-hybridized carbons (Fsp3) is 0.250. The minimum absolute atomic E-state index is 0.122. The molecule has 4 aromatic rings. The molecule has 1 saturated heterocycles. The van der Waals surface area contributed by atoms with Gasteiger partial charge in [-0.1, -0.05) is 65.3 Å². The number of fused-ring (bicyclic) bond motifs is 1. The van der Waals surface area contributed by atoms with Crippen LogP contribution in [0.3, 0.4) is 0 Å². The predicted octanol–water partition coefficient (Wildman–Crippen LogP) is 5.60. The normalized spacial score (nSPS) is 13.3. The van der Waals surface area contributed by atoms with Crippen molar-refractivity contribution in [2.75, 3.05) is 33.3 Å². The monoisotopic (exact) mass is 615 g/mol. The molecular formula is C32H30BrN3O5. The third kappa shape index (κ3) is 5.67. The van der Waals surface area contributed by atoms with E-state index in [4.69, 9.17) is 4.74 Å². The summed E-state index contributed by atoms with van der Waals surface area (Å²) in [6.07, 6.45) is -0.149. The van der Waals surface area contributed by atoms with Gasteiger partial charge < -0.3 is 14.5 Å². The second-order valence-corrected chi connectivity index (χ2v) is 10.8. The Bertz CT molecular complexity index is 1670. The summed E-state index contributed by atoms with van der Waals surface area (Å²) in [5.41, 5.74) is 3.02. The van der Waals surface area contributed by atoms with E-state index in [0.717, 1.165) is 26.5 Å². The van der Waals surface area contributed by atoms with E-state index in [1.165, 1.54) is 7.11 Å². The lowest BCUT2D eigenvalue weighted by molar-refractivity contribution is 0.0599. The molecule has 0 aliphatic carbocycles. The average Bonchev–Trinajstić information content (AvgIpc) is 3.01. The van der Waals surface area contributed by atoms with Crippen molar-refractivity contribution >= 4 is 44.5 Å². The largest absolute Gasteiger partial charge is 0.453 e. The van der Waals surface area contributed by atoms with Crippen LogP contribution in [-0.2, 0) is 11.3 Å². The molecular weight excluding hydrogens is 586 g/mol. The molecule has 5 rings (SSSR count). The number of rotatable bonds is 6. The van der Waals surface area contributed by atoms with Crippen molar-refractivity contribution in [1.82, 2.24) is 14.4 Å². The highest BCUT2D eigenvalue weighted by Gasteiger charge is 2.26. The Morgan fingerprint density at radius 3 is 2.15 bits per heavy atom. The van der Waals surface area contributed by atoms with Gasteiger partial charge in [0.1, 0.15) is 0 Å². The number of ketones is 1. The third-order valence-electron chi connectivity index (χ3n) is 7.42. The number of carbonyl (C=O) groups excluding carboxylic acids is 3. The van der Waals surface area contributed by atoms with Gasteiger partial charge in [0.2, 0.25) is 0 Å². The van der Waals surface area contributed by atoms with Crippen LogP contribution in [0.5, 0.6) is 0 Å².